The molecule has 0 aromatic rings. The quantitative estimate of drug-likeness (QED) is 0.263. The fourth-order valence-corrected chi connectivity index (χ4v) is 1.98. The van der Waals surface area contributed by atoms with Gasteiger partial charge in [0.05, 0.1) is 6.10 Å². The largest absolute Gasteiger partial charge is 0.481 e. The Morgan fingerprint density at radius 3 is 2.35 bits per heavy atom. The highest BCUT2D eigenvalue weighted by Crippen LogP contribution is 2.03. The molecular formula is C20H32O3. The molecule has 0 spiro atoms. The van der Waals surface area contributed by atoms with E-state index in [1.54, 1.807) is 6.08 Å². The first-order chi connectivity index (χ1) is 11.2. The van der Waals surface area contributed by atoms with E-state index in [1.165, 1.54) is 25.7 Å². The van der Waals surface area contributed by atoms with Crippen molar-refractivity contribution >= 4 is 5.97 Å². The molecule has 0 aliphatic rings. The summed E-state index contributed by atoms with van der Waals surface area (Å²) in [5.41, 5.74) is 0. The van der Waals surface area contributed by atoms with E-state index in [0.717, 1.165) is 12.8 Å². The van der Waals surface area contributed by atoms with Crippen LogP contribution in [-0.4, -0.2) is 22.3 Å². The summed E-state index contributed by atoms with van der Waals surface area (Å²) >= 11 is 0. The second-order valence-electron chi connectivity index (χ2n) is 5.58. The predicted molar refractivity (Wildman–Crippen MR) is 97.4 cm³/mol. The maximum atomic E-state index is 10.3. The third-order valence-corrected chi connectivity index (χ3v) is 3.32. The standard InChI is InChI=1S/C20H32O3/c1-2-3-4-5-6-7-8-9-10-11-12-13-14-16-19(21)17-15-18-20(22)23/h6-7,9-10,12-14,16,19,21H,2-5,8,11,15,17-18H2,1H3,(H,22,23)/b7-6-,10-9-,13-12-,16-14-/t19-/m1/s1. The van der Waals surface area contributed by atoms with Gasteiger partial charge in [-0.1, -0.05) is 68.4 Å². The van der Waals surface area contributed by atoms with Gasteiger partial charge in [-0.25, -0.2) is 0 Å². The molecule has 0 aromatic carbocycles. The summed E-state index contributed by atoms with van der Waals surface area (Å²) < 4.78 is 0. The third-order valence-electron chi connectivity index (χ3n) is 3.32. The Kier molecular flexibility index (Phi) is 15.6. The van der Waals surface area contributed by atoms with Crippen molar-refractivity contribution in [2.75, 3.05) is 0 Å². The fraction of sp³-hybridized carbons (Fsp3) is 0.550. The van der Waals surface area contributed by atoms with Crippen LogP contribution in [0.2, 0.25) is 0 Å². The number of aliphatic hydroxyl groups is 1. The highest BCUT2D eigenvalue weighted by molar-refractivity contribution is 5.66. The zero-order valence-corrected chi connectivity index (χ0v) is 14.4. The first-order valence-electron chi connectivity index (χ1n) is 8.70. The van der Waals surface area contributed by atoms with Crippen molar-refractivity contribution in [3.63, 3.8) is 0 Å². The maximum Gasteiger partial charge on any atom is 0.303 e. The van der Waals surface area contributed by atoms with E-state index in [4.69, 9.17) is 5.11 Å². The Morgan fingerprint density at radius 2 is 1.65 bits per heavy atom. The molecule has 0 aliphatic heterocycles. The van der Waals surface area contributed by atoms with Crippen LogP contribution in [-0.2, 0) is 4.79 Å². The third kappa shape index (κ3) is 18.3. The molecule has 0 radical (unpaired) electrons. The summed E-state index contributed by atoms with van der Waals surface area (Å²) in [6, 6.07) is 0. The lowest BCUT2D eigenvalue weighted by atomic mass is 10.1. The molecule has 0 fully saturated rings. The van der Waals surface area contributed by atoms with E-state index in [-0.39, 0.29) is 6.42 Å². The molecule has 0 aliphatic carbocycles. The van der Waals surface area contributed by atoms with Gasteiger partial charge in [0, 0.05) is 6.42 Å². The fourth-order valence-electron chi connectivity index (χ4n) is 1.98. The van der Waals surface area contributed by atoms with Gasteiger partial charge in [-0.2, -0.15) is 0 Å². The summed E-state index contributed by atoms with van der Waals surface area (Å²) in [5.74, 6) is -0.816. The van der Waals surface area contributed by atoms with Gasteiger partial charge in [-0.05, 0) is 38.5 Å². The number of carboxylic acids is 1. The summed E-state index contributed by atoms with van der Waals surface area (Å²) in [6.45, 7) is 2.22. The van der Waals surface area contributed by atoms with Gasteiger partial charge in [-0.15, -0.1) is 0 Å². The topological polar surface area (TPSA) is 57.5 Å². The molecule has 3 heteroatoms. The minimum Gasteiger partial charge on any atom is -0.481 e. The Morgan fingerprint density at radius 1 is 0.957 bits per heavy atom. The first kappa shape index (κ1) is 21.4. The molecule has 0 rings (SSSR count). The number of hydrogen-bond acceptors (Lipinski definition) is 2. The van der Waals surface area contributed by atoms with Gasteiger partial charge in [0.25, 0.3) is 0 Å². The lowest BCUT2D eigenvalue weighted by Gasteiger charge is -2.02. The molecule has 1 atom stereocenters. The van der Waals surface area contributed by atoms with E-state index in [9.17, 15) is 9.90 Å². The zero-order valence-electron chi connectivity index (χ0n) is 14.4. The van der Waals surface area contributed by atoms with E-state index < -0.39 is 12.1 Å². The molecule has 0 aromatic heterocycles. The van der Waals surface area contributed by atoms with Crippen molar-refractivity contribution in [3.05, 3.63) is 48.6 Å². The average molecular weight is 320 g/mol. The van der Waals surface area contributed by atoms with Gasteiger partial charge in [0.15, 0.2) is 0 Å². The van der Waals surface area contributed by atoms with Crippen LogP contribution >= 0.6 is 0 Å². The Hall–Kier alpha value is -1.61. The van der Waals surface area contributed by atoms with Crippen molar-refractivity contribution in [1.82, 2.24) is 0 Å². The molecule has 130 valence electrons. The van der Waals surface area contributed by atoms with Crippen molar-refractivity contribution in [2.45, 2.75) is 70.8 Å². The van der Waals surface area contributed by atoms with E-state index in [0.29, 0.717) is 12.8 Å². The van der Waals surface area contributed by atoms with Crippen LogP contribution in [0.4, 0.5) is 0 Å². The second-order valence-corrected chi connectivity index (χ2v) is 5.58. The number of carboxylic acid groups (broad SMARTS) is 1. The van der Waals surface area contributed by atoms with Crippen LogP contribution in [0.5, 0.6) is 0 Å². The Labute approximate surface area is 141 Å². The molecule has 0 heterocycles. The van der Waals surface area contributed by atoms with Crippen LogP contribution < -0.4 is 0 Å². The number of aliphatic carboxylic acids is 1. The highest BCUT2D eigenvalue weighted by Gasteiger charge is 2.01. The van der Waals surface area contributed by atoms with Gasteiger partial charge >= 0.3 is 5.97 Å². The minimum absolute atomic E-state index is 0.110. The minimum atomic E-state index is -0.816. The predicted octanol–water partition coefficient (Wildman–Crippen LogP) is 5.19. The van der Waals surface area contributed by atoms with Crippen molar-refractivity contribution in [3.8, 4) is 0 Å². The molecule has 0 amide bonds. The van der Waals surface area contributed by atoms with Crippen molar-refractivity contribution < 1.29 is 15.0 Å². The smallest absolute Gasteiger partial charge is 0.303 e. The first-order valence-corrected chi connectivity index (χ1v) is 8.70. The average Bonchev–Trinajstić information content (AvgIpc) is 2.51. The van der Waals surface area contributed by atoms with Crippen molar-refractivity contribution in [2.24, 2.45) is 0 Å². The summed E-state index contributed by atoms with van der Waals surface area (Å²) in [5, 5.41) is 18.1. The van der Waals surface area contributed by atoms with E-state index in [1.807, 2.05) is 18.2 Å². The van der Waals surface area contributed by atoms with Crippen LogP contribution in [0.25, 0.3) is 0 Å². The molecular weight excluding hydrogens is 288 g/mol. The number of allylic oxidation sites excluding steroid dienone is 7. The monoisotopic (exact) mass is 320 g/mol. The van der Waals surface area contributed by atoms with Crippen LogP contribution in [0.3, 0.4) is 0 Å². The summed E-state index contributed by atoms with van der Waals surface area (Å²) in [6.07, 6.45) is 23.6. The molecule has 0 saturated carbocycles. The van der Waals surface area contributed by atoms with E-state index >= 15 is 0 Å². The number of rotatable bonds is 14. The van der Waals surface area contributed by atoms with Gasteiger partial charge < -0.3 is 10.2 Å². The van der Waals surface area contributed by atoms with Crippen LogP contribution in [0.1, 0.15) is 64.7 Å². The number of carbonyl (C=O) groups is 1. The highest BCUT2D eigenvalue weighted by atomic mass is 16.4. The molecule has 3 nitrogen and oxygen atoms in total. The number of unbranched alkanes of at least 4 members (excludes halogenated alkanes) is 3. The molecule has 23 heavy (non-hydrogen) atoms. The van der Waals surface area contributed by atoms with Crippen LogP contribution in [0.15, 0.2) is 48.6 Å². The number of hydrogen-bond donors (Lipinski definition) is 2. The van der Waals surface area contributed by atoms with E-state index in [2.05, 4.69) is 31.2 Å². The zero-order chi connectivity index (χ0) is 17.2. The molecule has 2 N–H and O–H groups in total. The molecule has 0 unspecified atom stereocenters. The number of aliphatic hydroxyl groups excluding tert-OH is 1. The Bertz CT molecular complexity index is 392. The van der Waals surface area contributed by atoms with Gasteiger partial charge in [0.2, 0.25) is 0 Å². The lowest BCUT2D eigenvalue weighted by Crippen LogP contribution is -2.03. The lowest BCUT2D eigenvalue weighted by molar-refractivity contribution is -0.137. The van der Waals surface area contributed by atoms with Gasteiger partial charge in [-0.3, -0.25) is 4.79 Å². The second kappa shape index (κ2) is 16.8. The SMILES string of the molecule is CCCCC/C=C\C/C=C\C/C=C\C=C/[C@@H](O)CCCC(=O)O. The summed E-state index contributed by atoms with van der Waals surface area (Å²) in [7, 11) is 0. The summed E-state index contributed by atoms with van der Waals surface area (Å²) in [4.78, 5) is 10.3. The van der Waals surface area contributed by atoms with Crippen molar-refractivity contribution in [1.29, 1.82) is 0 Å². The van der Waals surface area contributed by atoms with Gasteiger partial charge in [0.1, 0.15) is 0 Å². The molecule has 0 saturated heterocycles. The normalized spacial score (nSPS) is 13.8. The van der Waals surface area contributed by atoms with Crippen LogP contribution in [0, 0.1) is 0 Å². The Balaban J connectivity index is 3.59. The molecule has 0 bridgehead atoms. The maximum absolute atomic E-state index is 10.3.